The molecule has 0 radical (unpaired) electrons. The van der Waals surface area contributed by atoms with Gasteiger partial charge in [-0.1, -0.05) is 17.7 Å². The normalized spacial score (nSPS) is 15.0. The van der Waals surface area contributed by atoms with Gasteiger partial charge in [0.25, 0.3) is 0 Å². The molecule has 0 spiro atoms. The van der Waals surface area contributed by atoms with Crippen LogP contribution >= 0.6 is 11.6 Å². The number of nitrogens with zero attached hydrogens (tertiary/aromatic N) is 7. The fourth-order valence-electron chi connectivity index (χ4n) is 4.75. The molecule has 0 bridgehead atoms. The number of pyridine rings is 2. The highest BCUT2D eigenvalue weighted by Gasteiger charge is 2.28. The summed E-state index contributed by atoms with van der Waals surface area (Å²) in [5, 5.41) is 5.54. The Morgan fingerprint density at radius 2 is 1.89 bits per heavy atom. The van der Waals surface area contributed by atoms with E-state index in [2.05, 4.69) is 16.0 Å². The van der Waals surface area contributed by atoms with Gasteiger partial charge in [-0.3, -0.25) is 4.98 Å². The van der Waals surface area contributed by atoms with Crippen molar-refractivity contribution in [2.45, 2.75) is 32.2 Å². The molecule has 0 unspecified atom stereocenters. The second kappa shape index (κ2) is 9.20. The Hall–Kier alpha value is -4.04. The molecule has 0 aliphatic carbocycles. The van der Waals surface area contributed by atoms with Crippen LogP contribution in [0.15, 0.2) is 67.4 Å². The van der Waals surface area contributed by atoms with Crippen molar-refractivity contribution in [3.05, 3.63) is 89.5 Å². The van der Waals surface area contributed by atoms with Gasteiger partial charge in [-0.25, -0.2) is 19.6 Å². The van der Waals surface area contributed by atoms with E-state index in [0.717, 1.165) is 58.3 Å². The maximum absolute atomic E-state index is 6.72. The number of ether oxygens (including phenoxy) is 1. The molecule has 180 valence electrons. The minimum atomic E-state index is 0.0457. The van der Waals surface area contributed by atoms with E-state index in [1.165, 1.54) is 0 Å². The van der Waals surface area contributed by atoms with Gasteiger partial charge in [-0.2, -0.15) is 0 Å². The molecule has 1 aromatic carbocycles. The van der Waals surface area contributed by atoms with E-state index >= 15 is 0 Å². The number of halogens is 1. The van der Waals surface area contributed by atoms with Gasteiger partial charge < -0.3 is 9.30 Å². The van der Waals surface area contributed by atoms with Gasteiger partial charge in [-0.15, -0.1) is 5.10 Å². The summed E-state index contributed by atoms with van der Waals surface area (Å²) in [7, 11) is 1.61. The van der Waals surface area contributed by atoms with Gasteiger partial charge in [0.15, 0.2) is 5.82 Å². The van der Waals surface area contributed by atoms with Crippen molar-refractivity contribution < 1.29 is 4.74 Å². The van der Waals surface area contributed by atoms with E-state index < -0.39 is 0 Å². The highest BCUT2D eigenvalue weighted by Crippen LogP contribution is 2.39. The molecule has 1 aliphatic rings. The zero-order valence-corrected chi connectivity index (χ0v) is 20.7. The highest BCUT2D eigenvalue weighted by molar-refractivity contribution is 6.31. The quantitative estimate of drug-likeness (QED) is 0.319. The molecule has 8 nitrogen and oxygen atoms in total. The Morgan fingerprint density at radius 3 is 2.67 bits per heavy atom. The summed E-state index contributed by atoms with van der Waals surface area (Å²) in [5.74, 6) is 2.01. The number of benzene rings is 1. The van der Waals surface area contributed by atoms with Gasteiger partial charge in [0.2, 0.25) is 5.88 Å². The molecule has 0 saturated carbocycles. The second-order valence-electron chi connectivity index (χ2n) is 8.83. The largest absolute Gasteiger partial charge is 0.479 e. The maximum atomic E-state index is 6.72. The van der Waals surface area contributed by atoms with Gasteiger partial charge in [-0.05, 0) is 72.9 Å². The Morgan fingerprint density at radius 1 is 1.03 bits per heavy atom. The van der Waals surface area contributed by atoms with Crippen LogP contribution in [0.4, 0.5) is 0 Å². The Balaban J connectivity index is 1.38. The smallest absolute Gasteiger partial charge is 0.238 e. The summed E-state index contributed by atoms with van der Waals surface area (Å²) in [6.45, 7) is 2.75. The van der Waals surface area contributed by atoms with Crippen LogP contribution in [0.1, 0.15) is 35.8 Å². The topological polar surface area (TPSA) is 83.5 Å². The third-order valence-corrected chi connectivity index (χ3v) is 6.86. The average Bonchev–Trinajstić information content (AvgIpc) is 3.55. The standard InChI is InChI=1S/C27H24ClN7O/c1-17-15-34(16-30-17)24-8-7-23(31-27(24)36-2)25-32-26-20(4-3-13-35(26)33-25)21-14-19(5-6-22(21)28)18-9-11-29-12-10-18/h5-12,14-16,20H,3-4,13H2,1-2H3/t20-/m0/s1. The van der Waals surface area contributed by atoms with E-state index in [1.807, 2.05) is 58.8 Å². The highest BCUT2D eigenvalue weighted by atomic mass is 35.5. The van der Waals surface area contributed by atoms with Crippen LogP contribution in [0.2, 0.25) is 5.02 Å². The number of rotatable bonds is 5. The third kappa shape index (κ3) is 4.03. The number of hydrogen-bond acceptors (Lipinski definition) is 6. The van der Waals surface area contributed by atoms with Crippen LogP contribution in [0.3, 0.4) is 0 Å². The Labute approximate surface area is 213 Å². The number of hydrogen-bond donors (Lipinski definition) is 0. The summed E-state index contributed by atoms with van der Waals surface area (Å²) >= 11 is 6.72. The molecule has 9 heteroatoms. The monoisotopic (exact) mass is 497 g/mol. The molecule has 0 amide bonds. The van der Waals surface area contributed by atoms with Crippen molar-refractivity contribution in [1.29, 1.82) is 0 Å². The molecule has 5 heterocycles. The average molecular weight is 498 g/mol. The summed E-state index contributed by atoms with van der Waals surface area (Å²) < 4.78 is 9.47. The lowest BCUT2D eigenvalue weighted by Gasteiger charge is -2.23. The zero-order valence-electron chi connectivity index (χ0n) is 20.0. The van der Waals surface area contributed by atoms with Crippen LogP contribution in [0, 0.1) is 6.92 Å². The zero-order chi connectivity index (χ0) is 24.6. The van der Waals surface area contributed by atoms with Crippen molar-refractivity contribution >= 4 is 11.6 Å². The molecule has 1 atom stereocenters. The Bertz CT molecular complexity index is 1540. The van der Waals surface area contributed by atoms with Crippen molar-refractivity contribution in [1.82, 2.24) is 34.3 Å². The first-order valence-electron chi connectivity index (χ1n) is 11.8. The van der Waals surface area contributed by atoms with Crippen LogP contribution < -0.4 is 4.74 Å². The predicted molar refractivity (Wildman–Crippen MR) is 137 cm³/mol. The molecule has 36 heavy (non-hydrogen) atoms. The van der Waals surface area contributed by atoms with E-state index in [0.29, 0.717) is 17.4 Å². The van der Waals surface area contributed by atoms with Gasteiger partial charge >= 0.3 is 0 Å². The number of aromatic nitrogens is 7. The first-order valence-corrected chi connectivity index (χ1v) is 12.2. The third-order valence-electron chi connectivity index (χ3n) is 6.51. The summed E-state index contributed by atoms with van der Waals surface area (Å²) in [5.41, 5.74) is 5.65. The van der Waals surface area contributed by atoms with Crippen molar-refractivity contribution in [3.8, 4) is 34.2 Å². The van der Waals surface area contributed by atoms with Crippen LogP contribution in [-0.2, 0) is 6.54 Å². The number of aryl methyl sites for hydroxylation is 2. The van der Waals surface area contributed by atoms with Crippen molar-refractivity contribution in [2.24, 2.45) is 0 Å². The molecule has 0 fully saturated rings. The lowest BCUT2D eigenvalue weighted by Crippen LogP contribution is -2.18. The van der Waals surface area contributed by atoms with E-state index in [1.54, 1.807) is 25.8 Å². The summed E-state index contributed by atoms with van der Waals surface area (Å²) in [6.07, 6.45) is 9.22. The molecule has 5 aromatic rings. The van der Waals surface area contributed by atoms with Gasteiger partial charge in [0.05, 0.1) is 19.1 Å². The van der Waals surface area contributed by atoms with E-state index in [9.17, 15) is 0 Å². The van der Waals surface area contributed by atoms with Crippen molar-refractivity contribution in [3.63, 3.8) is 0 Å². The molecule has 4 aromatic heterocycles. The van der Waals surface area contributed by atoms with E-state index in [-0.39, 0.29) is 5.92 Å². The lowest BCUT2D eigenvalue weighted by molar-refractivity contribution is 0.396. The number of fused-ring (bicyclic) bond motifs is 1. The van der Waals surface area contributed by atoms with E-state index in [4.69, 9.17) is 31.4 Å². The molecule has 0 saturated heterocycles. The Kier molecular flexibility index (Phi) is 5.73. The molecular weight excluding hydrogens is 474 g/mol. The number of methoxy groups -OCH3 is 1. The number of imidazole rings is 1. The second-order valence-corrected chi connectivity index (χ2v) is 9.24. The van der Waals surface area contributed by atoms with Crippen LogP contribution in [0.25, 0.3) is 28.3 Å². The van der Waals surface area contributed by atoms with Crippen LogP contribution in [0.5, 0.6) is 5.88 Å². The van der Waals surface area contributed by atoms with Gasteiger partial charge in [0.1, 0.15) is 17.2 Å². The molecular formula is C27H24ClN7O. The fourth-order valence-corrected chi connectivity index (χ4v) is 5.00. The van der Waals surface area contributed by atoms with Crippen molar-refractivity contribution in [2.75, 3.05) is 7.11 Å². The minimum Gasteiger partial charge on any atom is -0.479 e. The lowest BCUT2D eigenvalue weighted by atomic mass is 9.89. The molecule has 1 aliphatic heterocycles. The fraction of sp³-hybridized carbons (Fsp3) is 0.222. The maximum Gasteiger partial charge on any atom is 0.238 e. The van der Waals surface area contributed by atoms with Gasteiger partial charge in [0, 0.05) is 36.1 Å². The molecule has 6 rings (SSSR count). The summed E-state index contributed by atoms with van der Waals surface area (Å²) in [4.78, 5) is 18.1. The predicted octanol–water partition coefficient (Wildman–Crippen LogP) is 5.48. The summed E-state index contributed by atoms with van der Waals surface area (Å²) in [6, 6.07) is 14.0. The minimum absolute atomic E-state index is 0.0457. The molecule has 0 N–H and O–H groups in total. The van der Waals surface area contributed by atoms with Crippen LogP contribution in [-0.4, -0.2) is 41.4 Å². The first kappa shape index (κ1) is 22.4. The SMILES string of the molecule is COc1nc(-c2nc3n(n2)CCC[C@H]3c2cc(-c3ccncc3)ccc2Cl)ccc1-n1cnc(C)c1. The first-order chi connectivity index (χ1) is 17.6.